The van der Waals surface area contributed by atoms with Crippen molar-refractivity contribution in [3.63, 3.8) is 0 Å². The van der Waals surface area contributed by atoms with Crippen molar-refractivity contribution in [2.75, 3.05) is 12.0 Å². The first-order valence-electron chi connectivity index (χ1n) is 4.08. The summed E-state index contributed by atoms with van der Waals surface area (Å²) < 4.78 is 0. The average Bonchev–Trinajstić information content (AvgIpc) is 2.01. The number of hydrogen-bond donors (Lipinski definition) is 2. The second kappa shape index (κ2) is 5.43. The van der Waals surface area contributed by atoms with Gasteiger partial charge in [0.15, 0.2) is 0 Å². The number of aliphatic carboxylic acids is 1. The summed E-state index contributed by atoms with van der Waals surface area (Å²) in [5.41, 5.74) is 4.70. The highest BCUT2D eigenvalue weighted by Crippen LogP contribution is 2.16. The van der Waals surface area contributed by atoms with Crippen LogP contribution < -0.4 is 5.73 Å². The third kappa shape index (κ3) is 3.45. The molecule has 0 saturated carbocycles. The molecule has 0 saturated heterocycles. The Labute approximate surface area is 77.7 Å². The summed E-state index contributed by atoms with van der Waals surface area (Å²) in [6, 6.07) is 0. The Morgan fingerprint density at radius 1 is 1.67 bits per heavy atom. The molecule has 0 fully saturated rings. The summed E-state index contributed by atoms with van der Waals surface area (Å²) in [5.74, 6) is -0.396. The molecule has 0 aromatic heterocycles. The predicted octanol–water partition coefficient (Wildman–Crippen LogP) is 1.32. The molecule has 3 N–H and O–H groups in total. The van der Waals surface area contributed by atoms with E-state index in [0.717, 1.165) is 12.8 Å². The molecule has 0 heterocycles. The second-order valence-corrected chi connectivity index (χ2v) is 3.86. The minimum atomic E-state index is -1.02. The van der Waals surface area contributed by atoms with E-state index in [2.05, 4.69) is 0 Å². The highest BCUT2D eigenvalue weighted by molar-refractivity contribution is 7.98. The fraction of sp³-hybridized carbons (Fsp3) is 0.875. The number of carbonyl (C=O) groups is 1. The highest BCUT2D eigenvalue weighted by Gasteiger charge is 2.32. The molecule has 0 rings (SSSR count). The Balaban J connectivity index is 4.08. The molecule has 0 spiro atoms. The van der Waals surface area contributed by atoms with E-state index in [0.29, 0.717) is 12.2 Å². The summed E-state index contributed by atoms with van der Waals surface area (Å²) >= 11 is 1.48. The maximum absolute atomic E-state index is 10.8. The lowest BCUT2D eigenvalue weighted by Gasteiger charge is -2.23. The normalized spacial score (nSPS) is 15.6. The van der Waals surface area contributed by atoms with Crippen LogP contribution in [0.15, 0.2) is 0 Å². The minimum Gasteiger partial charge on any atom is -0.480 e. The van der Waals surface area contributed by atoms with Crippen LogP contribution in [-0.2, 0) is 4.79 Å². The van der Waals surface area contributed by atoms with E-state index in [4.69, 9.17) is 10.8 Å². The summed E-state index contributed by atoms with van der Waals surface area (Å²) in [6.45, 7) is 2.03. The van der Waals surface area contributed by atoms with E-state index in [1.807, 2.05) is 13.2 Å². The van der Waals surface area contributed by atoms with Crippen LogP contribution in [0.25, 0.3) is 0 Å². The molecule has 0 unspecified atom stereocenters. The van der Waals surface area contributed by atoms with Crippen LogP contribution in [0.4, 0.5) is 0 Å². The van der Waals surface area contributed by atoms with Gasteiger partial charge in [-0.1, -0.05) is 19.8 Å². The van der Waals surface area contributed by atoms with Gasteiger partial charge in [-0.2, -0.15) is 11.8 Å². The van der Waals surface area contributed by atoms with E-state index < -0.39 is 11.5 Å². The largest absolute Gasteiger partial charge is 0.480 e. The zero-order valence-electron chi connectivity index (χ0n) is 7.67. The SMILES string of the molecule is CCCC[C@@](N)(CSC)C(=O)O. The number of rotatable bonds is 6. The molecule has 4 heteroatoms. The van der Waals surface area contributed by atoms with Crippen LogP contribution in [0.3, 0.4) is 0 Å². The molecule has 0 aliphatic carbocycles. The van der Waals surface area contributed by atoms with Gasteiger partial charge in [0, 0.05) is 5.75 Å². The van der Waals surface area contributed by atoms with Crippen molar-refractivity contribution < 1.29 is 9.90 Å². The highest BCUT2D eigenvalue weighted by atomic mass is 32.2. The minimum absolute atomic E-state index is 0.488. The molecule has 0 aromatic carbocycles. The first kappa shape index (κ1) is 11.8. The first-order valence-corrected chi connectivity index (χ1v) is 5.47. The van der Waals surface area contributed by atoms with Crippen molar-refractivity contribution in [3.05, 3.63) is 0 Å². The lowest BCUT2D eigenvalue weighted by atomic mass is 9.96. The zero-order chi connectivity index (χ0) is 9.61. The lowest BCUT2D eigenvalue weighted by molar-refractivity contribution is -0.142. The van der Waals surface area contributed by atoms with Gasteiger partial charge < -0.3 is 10.8 Å². The molecule has 3 nitrogen and oxygen atoms in total. The number of carboxylic acids is 1. The summed E-state index contributed by atoms with van der Waals surface area (Å²) in [5, 5.41) is 8.85. The van der Waals surface area contributed by atoms with Crippen LogP contribution in [0.2, 0.25) is 0 Å². The Bertz CT molecular complexity index is 152. The molecule has 72 valence electrons. The molecule has 0 amide bonds. The second-order valence-electron chi connectivity index (χ2n) is 3.00. The molecule has 1 atom stereocenters. The Morgan fingerprint density at radius 3 is 2.58 bits per heavy atom. The van der Waals surface area contributed by atoms with Crippen LogP contribution in [0, 0.1) is 0 Å². The van der Waals surface area contributed by atoms with E-state index in [-0.39, 0.29) is 0 Å². The molecular formula is C8H17NO2S. The number of unbranched alkanes of at least 4 members (excludes halogenated alkanes) is 1. The van der Waals surface area contributed by atoms with Gasteiger partial charge in [0.05, 0.1) is 0 Å². The van der Waals surface area contributed by atoms with Crippen LogP contribution >= 0.6 is 11.8 Å². The third-order valence-electron chi connectivity index (χ3n) is 1.80. The smallest absolute Gasteiger partial charge is 0.324 e. The van der Waals surface area contributed by atoms with Gasteiger partial charge in [-0.05, 0) is 12.7 Å². The monoisotopic (exact) mass is 191 g/mol. The van der Waals surface area contributed by atoms with Gasteiger partial charge in [0.1, 0.15) is 5.54 Å². The number of hydrogen-bond acceptors (Lipinski definition) is 3. The number of thioether (sulfide) groups is 1. The van der Waals surface area contributed by atoms with E-state index in [1.165, 1.54) is 11.8 Å². The van der Waals surface area contributed by atoms with Crippen molar-refractivity contribution in [3.8, 4) is 0 Å². The third-order valence-corrected chi connectivity index (χ3v) is 2.61. The molecule has 0 radical (unpaired) electrons. The van der Waals surface area contributed by atoms with Crippen molar-refractivity contribution in [2.45, 2.75) is 31.7 Å². The fourth-order valence-electron chi connectivity index (χ4n) is 0.991. The maximum atomic E-state index is 10.8. The fourth-order valence-corrected chi connectivity index (χ4v) is 1.77. The molecule has 0 aliphatic heterocycles. The Kier molecular flexibility index (Phi) is 5.33. The van der Waals surface area contributed by atoms with Gasteiger partial charge in [0.25, 0.3) is 0 Å². The van der Waals surface area contributed by atoms with E-state index >= 15 is 0 Å². The van der Waals surface area contributed by atoms with Crippen molar-refractivity contribution in [2.24, 2.45) is 5.73 Å². The van der Waals surface area contributed by atoms with Crippen molar-refractivity contribution in [1.29, 1.82) is 0 Å². The van der Waals surface area contributed by atoms with Crippen LogP contribution in [0.1, 0.15) is 26.2 Å². The first-order chi connectivity index (χ1) is 5.56. The summed E-state index contributed by atoms with van der Waals surface area (Å²) in [7, 11) is 0. The van der Waals surface area contributed by atoms with E-state index in [1.54, 1.807) is 0 Å². The molecule has 0 aliphatic rings. The van der Waals surface area contributed by atoms with Gasteiger partial charge in [-0.25, -0.2) is 0 Å². The van der Waals surface area contributed by atoms with Gasteiger partial charge in [-0.3, -0.25) is 4.79 Å². The van der Waals surface area contributed by atoms with Crippen molar-refractivity contribution in [1.82, 2.24) is 0 Å². The van der Waals surface area contributed by atoms with Crippen LogP contribution in [0.5, 0.6) is 0 Å². The summed E-state index contributed by atoms with van der Waals surface area (Å²) in [6.07, 6.45) is 4.31. The topological polar surface area (TPSA) is 63.3 Å². The number of nitrogens with two attached hydrogens (primary N) is 1. The van der Waals surface area contributed by atoms with E-state index in [9.17, 15) is 4.79 Å². The maximum Gasteiger partial charge on any atom is 0.324 e. The van der Waals surface area contributed by atoms with Gasteiger partial charge >= 0.3 is 5.97 Å². The molecule has 0 bridgehead atoms. The molecule has 12 heavy (non-hydrogen) atoms. The van der Waals surface area contributed by atoms with Crippen LogP contribution in [-0.4, -0.2) is 28.6 Å². The quantitative estimate of drug-likeness (QED) is 0.664. The average molecular weight is 191 g/mol. The lowest BCUT2D eigenvalue weighted by Crippen LogP contribution is -2.50. The van der Waals surface area contributed by atoms with Gasteiger partial charge in [-0.15, -0.1) is 0 Å². The van der Waals surface area contributed by atoms with Gasteiger partial charge in [0.2, 0.25) is 0 Å². The standard InChI is InChI=1S/C8H17NO2S/c1-3-4-5-8(9,6-12-2)7(10)11/h3-6,9H2,1-2H3,(H,10,11)/t8-/m1/s1. The number of carboxylic acid groups (broad SMARTS) is 1. The summed E-state index contributed by atoms with van der Waals surface area (Å²) in [4.78, 5) is 10.8. The predicted molar refractivity (Wildman–Crippen MR) is 52.5 cm³/mol. The Hall–Kier alpha value is -0.220. The zero-order valence-corrected chi connectivity index (χ0v) is 8.49. The molecule has 0 aromatic rings. The van der Waals surface area contributed by atoms with Crippen molar-refractivity contribution >= 4 is 17.7 Å². The molecular weight excluding hydrogens is 174 g/mol. The Morgan fingerprint density at radius 2 is 2.25 bits per heavy atom.